The zero-order chi connectivity index (χ0) is 22.9. The number of hydrogen-bond acceptors (Lipinski definition) is 6. The Balaban J connectivity index is 1.66. The van der Waals surface area contributed by atoms with Crippen molar-refractivity contribution in [1.29, 1.82) is 0 Å². The lowest BCUT2D eigenvalue weighted by molar-refractivity contribution is 0.143. The maximum Gasteiger partial charge on any atom is 0.511 e. The molecule has 2 aromatic heterocycles. The first-order valence-corrected chi connectivity index (χ1v) is 11.0. The fourth-order valence-electron chi connectivity index (χ4n) is 5.20. The summed E-state index contributed by atoms with van der Waals surface area (Å²) in [5.74, 6) is 1.13. The van der Waals surface area contributed by atoms with Gasteiger partial charge < -0.3 is 25.0 Å². The van der Waals surface area contributed by atoms with Gasteiger partial charge in [-0.05, 0) is 18.8 Å². The molecule has 10 heteroatoms. The highest BCUT2D eigenvalue weighted by Crippen LogP contribution is 2.45. The predicted molar refractivity (Wildman–Crippen MR) is 118 cm³/mol. The Bertz CT molecular complexity index is 1190. The molecule has 0 unspecified atom stereocenters. The predicted octanol–water partition coefficient (Wildman–Crippen LogP) is 3.28. The molecular formula is C22H24ClFN4O4. The lowest BCUT2D eigenvalue weighted by Gasteiger charge is -2.30. The van der Waals surface area contributed by atoms with Gasteiger partial charge in [0.2, 0.25) is 5.43 Å². The number of rotatable bonds is 3. The number of allylic oxidation sites excluding steroid dienone is 1. The summed E-state index contributed by atoms with van der Waals surface area (Å²) >= 11 is 6.83. The number of anilines is 1. The van der Waals surface area contributed by atoms with E-state index in [1.54, 1.807) is 6.92 Å². The van der Waals surface area contributed by atoms with Crippen molar-refractivity contribution in [2.75, 3.05) is 18.0 Å². The van der Waals surface area contributed by atoms with Gasteiger partial charge in [-0.3, -0.25) is 4.79 Å². The largest absolute Gasteiger partial charge is 0.511 e. The molecule has 2 fully saturated rings. The van der Waals surface area contributed by atoms with Crippen LogP contribution < -0.4 is 20.8 Å². The fourth-order valence-corrected chi connectivity index (χ4v) is 5.55. The van der Waals surface area contributed by atoms with Crippen molar-refractivity contribution in [3.8, 4) is 5.75 Å². The smallest absolute Gasteiger partial charge is 0.449 e. The van der Waals surface area contributed by atoms with E-state index in [1.807, 2.05) is 6.08 Å². The van der Waals surface area contributed by atoms with Gasteiger partial charge in [-0.15, -0.1) is 0 Å². The Morgan fingerprint density at radius 1 is 1.34 bits per heavy atom. The quantitative estimate of drug-likeness (QED) is 0.532. The number of fused-ring (bicyclic) bond motifs is 2. The number of halogens is 2. The molecule has 3 aliphatic rings. The Morgan fingerprint density at radius 3 is 2.66 bits per heavy atom. The van der Waals surface area contributed by atoms with Gasteiger partial charge in [-0.25, -0.2) is 14.2 Å². The molecule has 0 radical (unpaired) electrons. The lowest BCUT2D eigenvalue weighted by Crippen LogP contribution is -2.38. The van der Waals surface area contributed by atoms with Crippen LogP contribution in [0.1, 0.15) is 25.1 Å². The van der Waals surface area contributed by atoms with Crippen LogP contribution in [0.4, 0.5) is 15.0 Å². The first-order valence-electron chi connectivity index (χ1n) is 10.7. The second kappa shape index (κ2) is 7.45. The number of carbonyl (C=O) groups is 1. The molecule has 8 nitrogen and oxygen atoms in total. The monoisotopic (exact) mass is 462 g/mol. The Hall–Kier alpha value is -2.65. The van der Waals surface area contributed by atoms with E-state index in [1.165, 1.54) is 10.8 Å². The molecule has 0 bridgehead atoms. The number of alkyl halides is 1. The first kappa shape index (κ1) is 21.2. The summed E-state index contributed by atoms with van der Waals surface area (Å²) in [6.07, 6.45) is 2.96. The molecule has 5 rings (SSSR count). The van der Waals surface area contributed by atoms with Crippen molar-refractivity contribution in [3.05, 3.63) is 39.3 Å². The summed E-state index contributed by atoms with van der Waals surface area (Å²) in [4.78, 5) is 30.8. The van der Waals surface area contributed by atoms with Gasteiger partial charge in [0.1, 0.15) is 17.0 Å². The van der Waals surface area contributed by atoms with E-state index in [-0.39, 0.29) is 28.8 Å². The zero-order valence-electron chi connectivity index (χ0n) is 17.7. The Kier molecular flexibility index (Phi) is 4.94. The van der Waals surface area contributed by atoms with Gasteiger partial charge in [-0.2, -0.15) is 0 Å². The summed E-state index contributed by atoms with van der Waals surface area (Å²) in [6, 6.07) is -0.589. The molecule has 0 amide bonds. The average Bonchev–Trinajstić information content (AvgIpc) is 3.28. The molecule has 3 N–H and O–H groups in total. The number of nitrogens with two attached hydrogens (primary N) is 1. The summed E-state index contributed by atoms with van der Waals surface area (Å²) < 4.78 is 20.3. The number of aryl methyl sites for hydroxylation is 1. The third kappa shape index (κ3) is 3.26. The van der Waals surface area contributed by atoms with Crippen LogP contribution in [0, 0.1) is 24.7 Å². The van der Waals surface area contributed by atoms with Crippen molar-refractivity contribution < 1.29 is 19.0 Å². The van der Waals surface area contributed by atoms with Crippen molar-refractivity contribution in [2.24, 2.45) is 23.5 Å². The fraction of sp³-hybridized carbons (Fsp3) is 0.500. The molecule has 3 heterocycles. The number of nitrogens with zero attached hydrogens (tertiary/aromatic N) is 3. The van der Waals surface area contributed by atoms with Gasteiger partial charge in [0.05, 0.1) is 28.8 Å². The third-order valence-corrected chi connectivity index (χ3v) is 7.34. The van der Waals surface area contributed by atoms with Gasteiger partial charge >= 0.3 is 6.16 Å². The number of carboxylic acid groups (broad SMARTS) is 1. The topological polar surface area (TPSA) is 111 Å². The standard InChI is InChI=1S/C22H24ClFN4O4/c1-9-3-4-14(25)12-7-27(6-11(9)12)21-18(23)19-17(10(2)26-21)20(29)16(32-22(30)31)8-28(19)15-5-13(15)24/h3-4,8-9,11-15H,5-7,25H2,1-2H3,(H,30,31)/t9-,11-,12-,13-,14+,15+/m0/s1. The third-order valence-electron chi connectivity index (χ3n) is 7.00. The van der Waals surface area contributed by atoms with E-state index in [0.29, 0.717) is 35.4 Å². The Labute approximate surface area is 188 Å². The maximum absolute atomic E-state index is 14.1. The highest BCUT2D eigenvalue weighted by atomic mass is 35.5. The zero-order valence-corrected chi connectivity index (χ0v) is 18.4. The van der Waals surface area contributed by atoms with E-state index in [0.717, 1.165) is 6.54 Å². The van der Waals surface area contributed by atoms with E-state index in [9.17, 15) is 14.0 Å². The second-order valence-corrected chi connectivity index (χ2v) is 9.41. The van der Waals surface area contributed by atoms with Crippen LogP contribution in [0.5, 0.6) is 5.75 Å². The van der Waals surface area contributed by atoms with Crippen LogP contribution in [-0.4, -0.2) is 46.1 Å². The summed E-state index contributed by atoms with van der Waals surface area (Å²) in [5, 5.41) is 9.39. The molecule has 2 aromatic rings. The highest BCUT2D eigenvalue weighted by molar-refractivity contribution is 6.37. The number of hydrogen-bond donors (Lipinski definition) is 2. The van der Waals surface area contributed by atoms with Crippen LogP contribution in [0.2, 0.25) is 5.02 Å². The molecule has 1 saturated heterocycles. The van der Waals surface area contributed by atoms with E-state index < -0.39 is 29.5 Å². The molecule has 6 atom stereocenters. The van der Waals surface area contributed by atoms with Crippen LogP contribution >= 0.6 is 11.6 Å². The van der Waals surface area contributed by atoms with E-state index in [4.69, 9.17) is 22.4 Å². The second-order valence-electron chi connectivity index (χ2n) is 9.03. The molecule has 170 valence electrons. The van der Waals surface area contributed by atoms with Gasteiger partial charge in [0, 0.05) is 31.5 Å². The summed E-state index contributed by atoms with van der Waals surface area (Å²) in [7, 11) is 0. The molecular weight excluding hydrogens is 439 g/mol. The lowest BCUT2D eigenvalue weighted by atomic mass is 9.77. The summed E-state index contributed by atoms with van der Waals surface area (Å²) in [6.45, 7) is 5.23. The van der Waals surface area contributed by atoms with Crippen molar-refractivity contribution in [3.63, 3.8) is 0 Å². The molecule has 0 spiro atoms. The van der Waals surface area contributed by atoms with Crippen molar-refractivity contribution in [1.82, 2.24) is 9.55 Å². The molecule has 1 saturated carbocycles. The van der Waals surface area contributed by atoms with Crippen LogP contribution in [0.3, 0.4) is 0 Å². The van der Waals surface area contributed by atoms with Gasteiger partial charge in [0.15, 0.2) is 5.75 Å². The average molecular weight is 463 g/mol. The van der Waals surface area contributed by atoms with Crippen molar-refractivity contribution in [2.45, 2.75) is 38.5 Å². The van der Waals surface area contributed by atoms with Gasteiger partial charge in [0.25, 0.3) is 0 Å². The first-order chi connectivity index (χ1) is 15.2. The molecule has 0 aromatic carbocycles. The van der Waals surface area contributed by atoms with Crippen molar-refractivity contribution >= 4 is 34.5 Å². The number of ether oxygens (including phenoxy) is 1. The maximum atomic E-state index is 14.1. The SMILES string of the molecule is Cc1nc(N2C[C@@H]3[C@H](C2)[C@H](N)C=C[C@@H]3C)c(Cl)c2c1c(=O)c(OC(=O)O)cn2[C@@H]1C[C@@H]1F. The number of aromatic nitrogens is 2. The summed E-state index contributed by atoms with van der Waals surface area (Å²) in [5.41, 5.74) is 6.43. The van der Waals surface area contributed by atoms with E-state index in [2.05, 4.69) is 27.6 Å². The van der Waals surface area contributed by atoms with Gasteiger partial charge in [-0.1, -0.05) is 30.7 Å². The van der Waals surface area contributed by atoms with Crippen LogP contribution in [0.15, 0.2) is 23.1 Å². The minimum atomic E-state index is -1.62. The number of pyridine rings is 2. The molecule has 32 heavy (non-hydrogen) atoms. The van der Waals surface area contributed by atoms with E-state index >= 15 is 0 Å². The molecule has 2 aliphatic carbocycles. The normalized spacial score (nSPS) is 31.1. The minimum absolute atomic E-state index is 0.0470. The van der Waals surface area contributed by atoms with Crippen LogP contribution in [-0.2, 0) is 0 Å². The Morgan fingerprint density at radius 2 is 2.03 bits per heavy atom. The molecule has 1 aliphatic heterocycles. The van der Waals surface area contributed by atoms with Crippen LogP contribution in [0.25, 0.3) is 10.9 Å². The highest BCUT2D eigenvalue weighted by Gasteiger charge is 2.43. The minimum Gasteiger partial charge on any atom is -0.449 e.